The Kier molecular flexibility index (Phi) is 5.05. The van der Waals surface area contributed by atoms with Crippen molar-refractivity contribution in [2.24, 2.45) is 0 Å². The highest BCUT2D eigenvalue weighted by molar-refractivity contribution is 6.30. The number of nitrogens with one attached hydrogen (secondary N) is 1. The van der Waals surface area contributed by atoms with Crippen molar-refractivity contribution >= 4 is 23.3 Å². The first-order valence-corrected chi connectivity index (χ1v) is 8.18. The summed E-state index contributed by atoms with van der Waals surface area (Å²) in [6.07, 6.45) is 0.268. The number of amides is 1. The van der Waals surface area contributed by atoms with E-state index in [4.69, 9.17) is 16.3 Å². The smallest absolute Gasteiger partial charge is 0.229 e. The fraction of sp³-hybridized carbons (Fsp3) is 0.158. The summed E-state index contributed by atoms with van der Waals surface area (Å²) in [5.41, 5.74) is 2.50. The third kappa shape index (κ3) is 4.19. The Labute approximate surface area is 151 Å². The minimum Gasteiger partial charge on any atom is -0.497 e. The molecule has 128 valence electrons. The summed E-state index contributed by atoms with van der Waals surface area (Å²) in [6, 6.07) is 16.6. The molecule has 0 aliphatic carbocycles. The van der Waals surface area contributed by atoms with Gasteiger partial charge in [0, 0.05) is 11.1 Å². The monoisotopic (exact) mass is 355 g/mol. The Balaban J connectivity index is 1.77. The van der Waals surface area contributed by atoms with Crippen LogP contribution in [0.25, 0.3) is 5.69 Å². The van der Waals surface area contributed by atoms with Crippen molar-refractivity contribution in [3.8, 4) is 11.4 Å². The number of carbonyl (C=O) groups is 1. The number of anilines is 1. The quantitative estimate of drug-likeness (QED) is 0.752. The van der Waals surface area contributed by atoms with Gasteiger partial charge in [-0.2, -0.15) is 5.10 Å². The number of methoxy groups -OCH3 is 1. The molecule has 0 unspecified atom stereocenters. The van der Waals surface area contributed by atoms with Crippen LogP contribution in [0.3, 0.4) is 0 Å². The zero-order valence-electron chi connectivity index (χ0n) is 14.0. The predicted octanol–water partition coefficient (Wildman–Crippen LogP) is 4.02. The minimum absolute atomic E-state index is 0.117. The molecule has 0 saturated heterocycles. The van der Waals surface area contributed by atoms with Gasteiger partial charge >= 0.3 is 0 Å². The van der Waals surface area contributed by atoms with Crippen LogP contribution in [-0.4, -0.2) is 22.8 Å². The lowest BCUT2D eigenvalue weighted by Crippen LogP contribution is -2.17. The van der Waals surface area contributed by atoms with Crippen LogP contribution >= 0.6 is 11.6 Å². The van der Waals surface area contributed by atoms with E-state index in [0.717, 1.165) is 22.7 Å². The summed E-state index contributed by atoms with van der Waals surface area (Å²) in [7, 11) is 1.61. The van der Waals surface area contributed by atoms with Gasteiger partial charge in [-0.05, 0) is 42.8 Å². The number of carbonyl (C=O) groups excluding carboxylic acids is 1. The molecule has 25 heavy (non-hydrogen) atoms. The normalized spacial score (nSPS) is 10.5. The maximum atomic E-state index is 12.4. The zero-order valence-corrected chi connectivity index (χ0v) is 14.7. The molecule has 6 heteroatoms. The molecule has 2 aromatic carbocycles. The molecule has 0 saturated carbocycles. The highest BCUT2D eigenvalue weighted by atomic mass is 35.5. The summed E-state index contributed by atoms with van der Waals surface area (Å²) in [4.78, 5) is 12.4. The number of aryl methyl sites for hydroxylation is 1. The van der Waals surface area contributed by atoms with Crippen LogP contribution in [0.5, 0.6) is 5.75 Å². The Morgan fingerprint density at radius 1 is 1.20 bits per heavy atom. The van der Waals surface area contributed by atoms with Gasteiger partial charge in [0.05, 0.1) is 24.9 Å². The molecule has 0 bridgehead atoms. The summed E-state index contributed by atoms with van der Waals surface area (Å²) >= 11 is 6.05. The standard InChI is InChI=1S/C19H18ClN3O2/c1-13-10-18(23(22-13)16-5-3-4-15(20)12-16)21-19(24)11-14-6-8-17(25-2)9-7-14/h3-10,12H,11H2,1-2H3,(H,21,24). The van der Waals surface area contributed by atoms with Crippen LogP contribution in [0.4, 0.5) is 5.82 Å². The lowest BCUT2D eigenvalue weighted by atomic mass is 10.1. The number of hydrogen-bond acceptors (Lipinski definition) is 3. The van der Waals surface area contributed by atoms with Gasteiger partial charge in [0.25, 0.3) is 0 Å². The van der Waals surface area contributed by atoms with Crippen molar-refractivity contribution in [1.82, 2.24) is 9.78 Å². The van der Waals surface area contributed by atoms with Gasteiger partial charge in [0.1, 0.15) is 11.6 Å². The first-order valence-electron chi connectivity index (χ1n) is 7.80. The van der Waals surface area contributed by atoms with Gasteiger partial charge in [0.2, 0.25) is 5.91 Å². The SMILES string of the molecule is COc1ccc(CC(=O)Nc2cc(C)nn2-c2cccc(Cl)c2)cc1. The number of rotatable bonds is 5. The summed E-state index contributed by atoms with van der Waals surface area (Å²) in [5, 5.41) is 7.96. The Hall–Kier alpha value is -2.79. The number of halogens is 1. The van der Waals surface area contributed by atoms with E-state index < -0.39 is 0 Å². The second-order valence-corrected chi connectivity index (χ2v) is 6.07. The summed E-state index contributed by atoms with van der Waals surface area (Å²) in [6.45, 7) is 1.88. The van der Waals surface area contributed by atoms with Crippen molar-refractivity contribution in [1.29, 1.82) is 0 Å². The van der Waals surface area contributed by atoms with E-state index in [0.29, 0.717) is 10.8 Å². The molecule has 0 aliphatic heterocycles. The number of benzene rings is 2. The fourth-order valence-electron chi connectivity index (χ4n) is 2.51. The highest BCUT2D eigenvalue weighted by Gasteiger charge is 2.12. The van der Waals surface area contributed by atoms with E-state index in [1.54, 1.807) is 23.9 Å². The zero-order chi connectivity index (χ0) is 17.8. The Bertz CT molecular complexity index is 888. The van der Waals surface area contributed by atoms with Crippen LogP contribution in [0.1, 0.15) is 11.3 Å². The van der Waals surface area contributed by atoms with Crippen molar-refractivity contribution in [3.63, 3.8) is 0 Å². The largest absolute Gasteiger partial charge is 0.497 e. The van der Waals surface area contributed by atoms with E-state index in [1.165, 1.54) is 0 Å². The van der Waals surface area contributed by atoms with Crippen molar-refractivity contribution in [2.75, 3.05) is 12.4 Å². The minimum atomic E-state index is -0.117. The number of ether oxygens (including phenoxy) is 1. The average molecular weight is 356 g/mol. The van der Waals surface area contributed by atoms with Crippen LogP contribution in [-0.2, 0) is 11.2 Å². The number of aromatic nitrogens is 2. The molecule has 0 atom stereocenters. The summed E-state index contributed by atoms with van der Waals surface area (Å²) in [5.74, 6) is 1.26. The second-order valence-electron chi connectivity index (χ2n) is 5.64. The van der Waals surface area contributed by atoms with Crippen LogP contribution < -0.4 is 10.1 Å². The Morgan fingerprint density at radius 2 is 1.96 bits per heavy atom. The maximum Gasteiger partial charge on any atom is 0.229 e. The van der Waals surface area contributed by atoms with E-state index in [1.807, 2.05) is 49.4 Å². The molecular weight excluding hydrogens is 338 g/mol. The first-order chi connectivity index (χ1) is 12.0. The Morgan fingerprint density at radius 3 is 2.64 bits per heavy atom. The topological polar surface area (TPSA) is 56.1 Å². The molecule has 0 radical (unpaired) electrons. The molecule has 1 heterocycles. The van der Waals surface area contributed by atoms with Crippen LogP contribution in [0, 0.1) is 6.92 Å². The van der Waals surface area contributed by atoms with Gasteiger partial charge in [-0.3, -0.25) is 4.79 Å². The molecule has 0 spiro atoms. The second kappa shape index (κ2) is 7.40. The number of nitrogens with zero attached hydrogens (tertiary/aromatic N) is 2. The van der Waals surface area contributed by atoms with E-state index in [9.17, 15) is 4.79 Å². The molecule has 5 nitrogen and oxygen atoms in total. The highest BCUT2D eigenvalue weighted by Crippen LogP contribution is 2.20. The molecule has 1 aromatic heterocycles. The van der Waals surface area contributed by atoms with Gasteiger partial charge in [-0.25, -0.2) is 4.68 Å². The van der Waals surface area contributed by atoms with Gasteiger partial charge in [0.15, 0.2) is 0 Å². The average Bonchev–Trinajstić information content (AvgIpc) is 2.95. The first kappa shape index (κ1) is 17.0. The van der Waals surface area contributed by atoms with Crippen molar-refractivity contribution in [3.05, 3.63) is 70.9 Å². The molecule has 3 aromatic rings. The van der Waals surface area contributed by atoms with Gasteiger partial charge < -0.3 is 10.1 Å². The van der Waals surface area contributed by atoms with Gasteiger partial charge in [-0.15, -0.1) is 0 Å². The van der Waals surface area contributed by atoms with Crippen LogP contribution in [0.15, 0.2) is 54.6 Å². The van der Waals surface area contributed by atoms with E-state index >= 15 is 0 Å². The fourth-order valence-corrected chi connectivity index (χ4v) is 2.69. The number of hydrogen-bond donors (Lipinski definition) is 1. The third-order valence-electron chi connectivity index (χ3n) is 3.68. The van der Waals surface area contributed by atoms with Gasteiger partial charge in [-0.1, -0.05) is 29.8 Å². The molecule has 1 amide bonds. The third-order valence-corrected chi connectivity index (χ3v) is 3.91. The predicted molar refractivity (Wildman–Crippen MR) is 98.6 cm³/mol. The van der Waals surface area contributed by atoms with E-state index in [2.05, 4.69) is 10.4 Å². The van der Waals surface area contributed by atoms with Crippen molar-refractivity contribution in [2.45, 2.75) is 13.3 Å². The van der Waals surface area contributed by atoms with E-state index in [-0.39, 0.29) is 12.3 Å². The summed E-state index contributed by atoms with van der Waals surface area (Å²) < 4.78 is 6.80. The molecule has 0 fully saturated rings. The molecular formula is C19H18ClN3O2. The van der Waals surface area contributed by atoms with Crippen LogP contribution in [0.2, 0.25) is 5.02 Å². The molecule has 3 rings (SSSR count). The van der Waals surface area contributed by atoms with Crippen molar-refractivity contribution < 1.29 is 9.53 Å². The molecule has 1 N–H and O–H groups in total. The lowest BCUT2D eigenvalue weighted by Gasteiger charge is -2.09. The lowest BCUT2D eigenvalue weighted by molar-refractivity contribution is -0.115. The maximum absolute atomic E-state index is 12.4. The molecule has 0 aliphatic rings.